The highest BCUT2D eigenvalue weighted by Gasteiger charge is 2.40. The highest BCUT2D eigenvalue weighted by Crippen LogP contribution is 2.40. The molecule has 2 aliphatic heterocycles. The van der Waals surface area contributed by atoms with E-state index < -0.39 is 47.4 Å². The van der Waals surface area contributed by atoms with Crippen molar-refractivity contribution in [3.8, 4) is 0 Å². The van der Waals surface area contributed by atoms with Crippen LogP contribution in [0.1, 0.15) is 66.6 Å². The molecule has 2 aromatic rings. The summed E-state index contributed by atoms with van der Waals surface area (Å²) in [5.41, 5.74) is -1.87. The molecule has 13 heteroatoms. The normalized spacial score (nSPS) is 21.1. The van der Waals surface area contributed by atoms with E-state index >= 15 is 0 Å². The summed E-state index contributed by atoms with van der Waals surface area (Å²) in [6.07, 6.45) is -8.96. The van der Waals surface area contributed by atoms with Crippen LogP contribution in [0.3, 0.4) is 0 Å². The number of nitrogens with zero attached hydrogens (tertiary/aromatic N) is 4. The van der Waals surface area contributed by atoms with Crippen molar-refractivity contribution in [1.29, 1.82) is 0 Å². The van der Waals surface area contributed by atoms with Gasteiger partial charge in [0, 0.05) is 52.7 Å². The van der Waals surface area contributed by atoms with Gasteiger partial charge in [-0.3, -0.25) is 9.69 Å². The number of benzene rings is 2. The lowest BCUT2D eigenvalue weighted by atomic mass is 9.88. The van der Waals surface area contributed by atoms with Gasteiger partial charge in [0.05, 0.1) is 23.2 Å². The SMILES string of the molecule is CC(=O)N1CCN(C2CCN(C(=O)N(C)[C@H](C)c3cc(C(F)(F)F)cc(C(F)(F)F)c3)[C@H](c3ccc(F)cc3C)C2)CC1. The molecule has 3 amide bonds. The number of amides is 3. The summed E-state index contributed by atoms with van der Waals surface area (Å²) in [4.78, 5) is 32.4. The molecule has 2 saturated heterocycles. The summed E-state index contributed by atoms with van der Waals surface area (Å²) >= 11 is 0. The number of halogens is 7. The van der Waals surface area contributed by atoms with E-state index in [1.807, 2.05) is 0 Å². The Morgan fingerprint density at radius 2 is 1.49 bits per heavy atom. The van der Waals surface area contributed by atoms with Crippen molar-refractivity contribution >= 4 is 11.9 Å². The van der Waals surface area contributed by atoms with Gasteiger partial charge in [-0.15, -0.1) is 0 Å². The number of carbonyl (C=O) groups excluding carboxylic acids is 2. The third-order valence-electron chi connectivity index (χ3n) is 8.66. The van der Waals surface area contributed by atoms with E-state index in [2.05, 4.69) is 4.90 Å². The Hall–Kier alpha value is -3.35. The molecule has 0 aliphatic carbocycles. The Morgan fingerprint density at radius 3 is 2.00 bits per heavy atom. The van der Waals surface area contributed by atoms with Gasteiger partial charge in [-0.25, -0.2) is 9.18 Å². The Morgan fingerprint density at radius 1 is 0.907 bits per heavy atom. The summed E-state index contributed by atoms with van der Waals surface area (Å²) in [7, 11) is 1.35. The van der Waals surface area contributed by atoms with Gasteiger partial charge in [-0.1, -0.05) is 6.07 Å². The van der Waals surface area contributed by atoms with Crippen molar-refractivity contribution in [3.63, 3.8) is 0 Å². The molecule has 6 nitrogen and oxygen atoms in total. The van der Waals surface area contributed by atoms with Gasteiger partial charge in [-0.2, -0.15) is 26.3 Å². The van der Waals surface area contributed by atoms with Crippen LogP contribution in [-0.4, -0.2) is 77.4 Å². The first kappa shape index (κ1) is 32.6. The van der Waals surface area contributed by atoms with Crippen molar-refractivity contribution in [2.75, 3.05) is 39.8 Å². The second kappa shape index (κ2) is 12.3. The Labute approximate surface area is 246 Å². The van der Waals surface area contributed by atoms with Crippen LogP contribution in [-0.2, 0) is 17.1 Å². The Bertz CT molecular complexity index is 1310. The molecular formula is C30H35F7N4O2. The van der Waals surface area contributed by atoms with E-state index in [0.29, 0.717) is 62.3 Å². The summed E-state index contributed by atoms with van der Waals surface area (Å²) in [6.45, 7) is 7.36. The average molecular weight is 617 g/mol. The second-order valence-corrected chi connectivity index (χ2v) is 11.3. The molecule has 2 fully saturated rings. The van der Waals surface area contributed by atoms with Crippen LogP contribution < -0.4 is 0 Å². The van der Waals surface area contributed by atoms with Gasteiger partial charge in [0.15, 0.2) is 0 Å². The van der Waals surface area contributed by atoms with Gasteiger partial charge in [-0.05, 0) is 73.7 Å². The quantitative estimate of drug-likeness (QED) is 0.362. The first-order valence-corrected chi connectivity index (χ1v) is 14.1. The molecule has 3 atom stereocenters. The van der Waals surface area contributed by atoms with E-state index in [4.69, 9.17) is 0 Å². The maximum Gasteiger partial charge on any atom is 0.416 e. The minimum absolute atomic E-state index is 0.000149. The number of aryl methyl sites for hydroxylation is 1. The van der Waals surface area contributed by atoms with Crippen molar-refractivity contribution in [1.82, 2.24) is 19.6 Å². The number of piperazine rings is 1. The van der Waals surface area contributed by atoms with Crippen molar-refractivity contribution in [2.24, 2.45) is 0 Å². The smallest absolute Gasteiger partial charge is 0.340 e. The van der Waals surface area contributed by atoms with E-state index in [0.717, 1.165) is 4.90 Å². The van der Waals surface area contributed by atoms with Crippen LogP contribution in [0, 0.1) is 12.7 Å². The largest absolute Gasteiger partial charge is 0.416 e. The standard InChI is InChI=1S/C30H35F7N4O2/c1-18-13-24(31)5-6-26(18)27-17-25(40-11-9-39(10-12-40)20(3)42)7-8-41(27)28(43)38(4)19(2)21-14-22(29(32,33)34)16-23(15-21)30(35,36)37/h5-6,13-16,19,25,27H,7-12,17H2,1-4H3/t19-,25?,27+/m1/s1. The van der Waals surface area contributed by atoms with Crippen LogP contribution in [0.2, 0.25) is 0 Å². The molecule has 4 rings (SSSR count). The lowest BCUT2D eigenvalue weighted by molar-refractivity contribution is -0.143. The summed E-state index contributed by atoms with van der Waals surface area (Å²) in [6, 6.07) is 3.46. The molecule has 2 aromatic carbocycles. The number of piperidine rings is 1. The number of hydrogen-bond donors (Lipinski definition) is 0. The maximum absolute atomic E-state index is 14.0. The zero-order chi connectivity index (χ0) is 31.9. The topological polar surface area (TPSA) is 47.1 Å². The van der Waals surface area contributed by atoms with Crippen LogP contribution in [0.4, 0.5) is 35.5 Å². The molecular weight excluding hydrogens is 581 g/mol. The number of hydrogen-bond acceptors (Lipinski definition) is 3. The maximum atomic E-state index is 14.0. The Kier molecular flexibility index (Phi) is 9.34. The predicted molar refractivity (Wildman–Crippen MR) is 145 cm³/mol. The van der Waals surface area contributed by atoms with Crippen molar-refractivity contribution in [2.45, 2.75) is 64.1 Å². The molecule has 0 aromatic heterocycles. The molecule has 0 bridgehead atoms. The van der Waals surface area contributed by atoms with Crippen LogP contribution >= 0.6 is 0 Å². The summed E-state index contributed by atoms with van der Waals surface area (Å²) in [5, 5.41) is 0. The number of carbonyl (C=O) groups is 2. The number of alkyl halides is 6. The van der Waals surface area contributed by atoms with E-state index in [1.165, 1.54) is 33.0 Å². The second-order valence-electron chi connectivity index (χ2n) is 11.3. The van der Waals surface area contributed by atoms with Gasteiger partial charge >= 0.3 is 18.4 Å². The third-order valence-corrected chi connectivity index (χ3v) is 8.66. The molecule has 2 aliphatic rings. The molecule has 1 unspecified atom stereocenters. The zero-order valence-corrected chi connectivity index (χ0v) is 24.4. The Balaban J connectivity index is 1.62. The lowest BCUT2D eigenvalue weighted by Gasteiger charge is -2.47. The number of urea groups is 1. The highest BCUT2D eigenvalue weighted by molar-refractivity contribution is 5.76. The fraction of sp³-hybridized carbons (Fsp3) is 0.533. The van der Waals surface area contributed by atoms with Crippen LogP contribution in [0.15, 0.2) is 36.4 Å². The van der Waals surface area contributed by atoms with Gasteiger partial charge in [0.2, 0.25) is 5.91 Å². The molecule has 236 valence electrons. The van der Waals surface area contributed by atoms with Gasteiger partial charge in [0.1, 0.15) is 5.82 Å². The molecule has 43 heavy (non-hydrogen) atoms. The van der Waals surface area contributed by atoms with Gasteiger partial charge in [0.25, 0.3) is 0 Å². The number of rotatable bonds is 4. The van der Waals surface area contributed by atoms with E-state index in [-0.39, 0.29) is 30.1 Å². The molecule has 2 heterocycles. The average Bonchev–Trinajstić information content (AvgIpc) is 2.94. The molecule has 0 radical (unpaired) electrons. The number of likely N-dealkylation sites (tertiary alicyclic amines) is 1. The highest BCUT2D eigenvalue weighted by atomic mass is 19.4. The monoisotopic (exact) mass is 616 g/mol. The molecule has 0 saturated carbocycles. The zero-order valence-electron chi connectivity index (χ0n) is 24.4. The molecule has 0 N–H and O–H groups in total. The van der Waals surface area contributed by atoms with Gasteiger partial charge < -0.3 is 14.7 Å². The minimum Gasteiger partial charge on any atom is -0.340 e. The predicted octanol–water partition coefficient (Wildman–Crippen LogP) is 6.65. The van der Waals surface area contributed by atoms with Crippen LogP contribution in [0.25, 0.3) is 0 Å². The molecule has 0 spiro atoms. The van der Waals surface area contributed by atoms with Crippen molar-refractivity contribution < 1.29 is 40.3 Å². The summed E-state index contributed by atoms with van der Waals surface area (Å²) < 4.78 is 95.0. The van der Waals surface area contributed by atoms with Crippen molar-refractivity contribution in [3.05, 3.63) is 70.0 Å². The van der Waals surface area contributed by atoms with Crippen LogP contribution in [0.5, 0.6) is 0 Å². The minimum atomic E-state index is -5.01. The third kappa shape index (κ3) is 7.25. The first-order valence-electron chi connectivity index (χ1n) is 14.1. The van der Waals surface area contributed by atoms with E-state index in [9.17, 15) is 40.3 Å². The lowest BCUT2D eigenvalue weighted by Crippen LogP contribution is -2.56. The fourth-order valence-electron chi connectivity index (χ4n) is 6.03. The first-order chi connectivity index (χ1) is 20.0. The summed E-state index contributed by atoms with van der Waals surface area (Å²) in [5.74, 6) is -0.442. The van der Waals surface area contributed by atoms with E-state index in [1.54, 1.807) is 22.8 Å². The fourth-order valence-corrected chi connectivity index (χ4v) is 6.03.